The van der Waals surface area contributed by atoms with Crippen LogP contribution in [0.3, 0.4) is 0 Å². The van der Waals surface area contributed by atoms with Crippen LogP contribution in [0.2, 0.25) is 10.0 Å². The summed E-state index contributed by atoms with van der Waals surface area (Å²) in [6.45, 7) is 6.44. The highest BCUT2D eigenvalue weighted by atomic mass is 35.5. The molecule has 0 unspecified atom stereocenters. The third-order valence-electron chi connectivity index (χ3n) is 4.08. The van der Waals surface area contributed by atoms with Gasteiger partial charge in [-0.25, -0.2) is 9.78 Å². The van der Waals surface area contributed by atoms with Gasteiger partial charge in [0.25, 0.3) is 5.91 Å². The standard InChI is InChI=1S/C19H21Cl2N3O5/c1-5-28-19(27)13-6-10(2)24(12(13)4)8-17(26)29-9-16(25)23-18-15(21)7-14(20)11(3)22-18/h6-7H,5,8-9H2,1-4H3,(H,22,23,25). The van der Waals surface area contributed by atoms with Crippen LogP contribution in [0.15, 0.2) is 12.1 Å². The van der Waals surface area contributed by atoms with Crippen molar-refractivity contribution < 1.29 is 23.9 Å². The van der Waals surface area contributed by atoms with E-state index in [1.807, 2.05) is 0 Å². The average Bonchev–Trinajstić information content (AvgIpc) is 2.93. The summed E-state index contributed by atoms with van der Waals surface area (Å²) in [5.41, 5.74) is 2.16. The lowest BCUT2D eigenvalue weighted by molar-refractivity contribution is -0.147. The summed E-state index contributed by atoms with van der Waals surface area (Å²) >= 11 is 11.9. The molecule has 0 saturated carbocycles. The Labute approximate surface area is 178 Å². The van der Waals surface area contributed by atoms with Crippen molar-refractivity contribution in [3.8, 4) is 0 Å². The van der Waals surface area contributed by atoms with E-state index in [9.17, 15) is 14.4 Å². The first-order valence-corrected chi connectivity index (χ1v) is 9.51. The van der Waals surface area contributed by atoms with Crippen molar-refractivity contribution in [2.45, 2.75) is 34.2 Å². The number of aryl methyl sites for hydroxylation is 2. The number of ether oxygens (including phenoxy) is 2. The number of pyridine rings is 1. The Morgan fingerprint density at radius 1 is 1.10 bits per heavy atom. The van der Waals surface area contributed by atoms with E-state index in [0.717, 1.165) is 0 Å². The van der Waals surface area contributed by atoms with Crippen LogP contribution in [0.1, 0.15) is 34.4 Å². The Balaban J connectivity index is 1.96. The Hall–Kier alpha value is -2.58. The molecule has 2 heterocycles. The quantitative estimate of drug-likeness (QED) is 0.660. The van der Waals surface area contributed by atoms with Gasteiger partial charge in [0.15, 0.2) is 12.4 Å². The molecule has 10 heteroatoms. The number of rotatable bonds is 7. The number of esters is 2. The smallest absolute Gasteiger partial charge is 0.339 e. The van der Waals surface area contributed by atoms with Crippen LogP contribution in [0, 0.1) is 20.8 Å². The number of hydrogen-bond acceptors (Lipinski definition) is 6. The van der Waals surface area contributed by atoms with E-state index in [4.69, 9.17) is 32.7 Å². The number of amides is 1. The van der Waals surface area contributed by atoms with Gasteiger partial charge in [-0.15, -0.1) is 0 Å². The van der Waals surface area contributed by atoms with Crippen molar-refractivity contribution in [3.63, 3.8) is 0 Å². The minimum atomic E-state index is -0.635. The Kier molecular flexibility index (Phi) is 7.64. The van der Waals surface area contributed by atoms with Crippen molar-refractivity contribution in [1.29, 1.82) is 0 Å². The average molecular weight is 442 g/mol. The molecule has 0 saturated heterocycles. The van der Waals surface area contributed by atoms with E-state index in [-0.39, 0.29) is 24.0 Å². The van der Waals surface area contributed by atoms with Crippen molar-refractivity contribution in [2.75, 3.05) is 18.5 Å². The molecule has 0 aliphatic carbocycles. The summed E-state index contributed by atoms with van der Waals surface area (Å²) in [4.78, 5) is 40.2. The molecule has 1 amide bonds. The molecule has 8 nitrogen and oxygen atoms in total. The van der Waals surface area contributed by atoms with Gasteiger partial charge in [0, 0.05) is 11.4 Å². The van der Waals surface area contributed by atoms with Crippen molar-refractivity contribution in [2.24, 2.45) is 0 Å². The summed E-state index contributed by atoms with van der Waals surface area (Å²) in [7, 11) is 0. The monoisotopic (exact) mass is 441 g/mol. The van der Waals surface area contributed by atoms with Crippen LogP contribution in [-0.4, -0.2) is 40.6 Å². The van der Waals surface area contributed by atoms with E-state index < -0.39 is 24.5 Å². The molecule has 0 bridgehead atoms. The maximum Gasteiger partial charge on any atom is 0.339 e. The molecule has 2 aromatic heterocycles. The molecule has 29 heavy (non-hydrogen) atoms. The van der Waals surface area contributed by atoms with E-state index in [0.29, 0.717) is 27.7 Å². The van der Waals surface area contributed by atoms with E-state index in [1.165, 1.54) is 6.07 Å². The molecule has 1 N–H and O–H groups in total. The highest BCUT2D eigenvalue weighted by Gasteiger charge is 2.19. The van der Waals surface area contributed by atoms with Crippen LogP contribution >= 0.6 is 23.2 Å². The summed E-state index contributed by atoms with van der Waals surface area (Å²) in [6.07, 6.45) is 0. The van der Waals surface area contributed by atoms with Gasteiger partial charge in [-0.05, 0) is 39.8 Å². The summed E-state index contributed by atoms with van der Waals surface area (Å²) < 4.78 is 11.6. The van der Waals surface area contributed by atoms with Gasteiger partial charge in [-0.3, -0.25) is 9.59 Å². The molecular weight excluding hydrogens is 421 g/mol. The second kappa shape index (κ2) is 9.76. The molecule has 156 valence electrons. The first-order chi connectivity index (χ1) is 13.6. The van der Waals surface area contributed by atoms with Gasteiger partial charge in [-0.2, -0.15) is 0 Å². The summed E-state index contributed by atoms with van der Waals surface area (Å²) in [6, 6.07) is 3.11. The fraction of sp³-hybridized carbons (Fsp3) is 0.368. The van der Waals surface area contributed by atoms with Crippen LogP contribution in [-0.2, 0) is 25.6 Å². The minimum Gasteiger partial charge on any atom is -0.462 e. The lowest BCUT2D eigenvalue weighted by Gasteiger charge is -2.11. The predicted molar refractivity (Wildman–Crippen MR) is 108 cm³/mol. The number of anilines is 1. The highest BCUT2D eigenvalue weighted by molar-refractivity contribution is 6.36. The Morgan fingerprint density at radius 3 is 2.45 bits per heavy atom. The second-order valence-corrected chi connectivity index (χ2v) is 7.00. The molecular formula is C19H21Cl2N3O5. The number of nitrogens with zero attached hydrogens (tertiary/aromatic N) is 2. The third-order valence-corrected chi connectivity index (χ3v) is 4.75. The molecule has 0 atom stereocenters. The van der Waals surface area contributed by atoms with E-state index in [2.05, 4.69) is 10.3 Å². The lowest BCUT2D eigenvalue weighted by Crippen LogP contribution is -2.24. The van der Waals surface area contributed by atoms with Gasteiger partial charge in [-0.1, -0.05) is 23.2 Å². The maximum atomic E-state index is 12.1. The zero-order valence-electron chi connectivity index (χ0n) is 16.5. The fourth-order valence-electron chi connectivity index (χ4n) is 2.60. The summed E-state index contributed by atoms with van der Waals surface area (Å²) in [5, 5.41) is 3.01. The molecule has 0 radical (unpaired) electrons. The maximum absolute atomic E-state index is 12.1. The predicted octanol–water partition coefficient (Wildman–Crippen LogP) is 3.47. The molecule has 0 aliphatic heterocycles. The number of carbonyl (C=O) groups excluding carboxylic acids is 3. The largest absolute Gasteiger partial charge is 0.462 e. The van der Waals surface area contributed by atoms with E-state index >= 15 is 0 Å². The molecule has 0 spiro atoms. The van der Waals surface area contributed by atoms with Crippen LogP contribution in [0.25, 0.3) is 0 Å². The minimum absolute atomic E-state index is 0.130. The van der Waals surface area contributed by atoms with Crippen molar-refractivity contribution >= 4 is 46.9 Å². The zero-order valence-corrected chi connectivity index (χ0v) is 18.0. The van der Waals surface area contributed by atoms with Crippen LogP contribution in [0.4, 0.5) is 5.82 Å². The second-order valence-electron chi connectivity index (χ2n) is 6.19. The van der Waals surface area contributed by atoms with Gasteiger partial charge >= 0.3 is 11.9 Å². The van der Waals surface area contributed by atoms with E-state index in [1.54, 1.807) is 38.3 Å². The summed E-state index contributed by atoms with van der Waals surface area (Å²) in [5.74, 6) is -1.56. The van der Waals surface area contributed by atoms with Gasteiger partial charge < -0.3 is 19.4 Å². The number of carbonyl (C=O) groups is 3. The topological polar surface area (TPSA) is 99.5 Å². The number of aromatic nitrogens is 2. The Morgan fingerprint density at radius 2 is 1.79 bits per heavy atom. The molecule has 2 rings (SSSR count). The first-order valence-electron chi connectivity index (χ1n) is 8.76. The van der Waals surface area contributed by atoms with Gasteiger partial charge in [0.1, 0.15) is 6.54 Å². The number of halogens is 2. The van der Waals surface area contributed by atoms with Gasteiger partial charge in [0.2, 0.25) is 0 Å². The lowest BCUT2D eigenvalue weighted by atomic mass is 10.2. The van der Waals surface area contributed by atoms with Crippen molar-refractivity contribution in [1.82, 2.24) is 9.55 Å². The zero-order chi connectivity index (χ0) is 21.7. The van der Waals surface area contributed by atoms with Crippen LogP contribution < -0.4 is 5.32 Å². The number of nitrogens with one attached hydrogen (secondary N) is 1. The van der Waals surface area contributed by atoms with Gasteiger partial charge in [0.05, 0.1) is 27.9 Å². The first kappa shape index (κ1) is 22.7. The third kappa shape index (κ3) is 5.71. The SMILES string of the molecule is CCOC(=O)c1cc(C)n(CC(=O)OCC(=O)Nc2nc(C)c(Cl)cc2Cl)c1C. The van der Waals surface area contributed by atoms with Crippen molar-refractivity contribution in [3.05, 3.63) is 44.8 Å². The molecule has 2 aromatic rings. The fourth-order valence-corrected chi connectivity index (χ4v) is 3.00. The molecule has 0 fully saturated rings. The highest BCUT2D eigenvalue weighted by Crippen LogP contribution is 2.25. The number of hydrogen-bond donors (Lipinski definition) is 1. The normalized spacial score (nSPS) is 10.6. The molecule has 0 aromatic carbocycles. The van der Waals surface area contributed by atoms with Crippen LogP contribution in [0.5, 0.6) is 0 Å². The molecule has 0 aliphatic rings. The Bertz CT molecular complexity index is 956.